The first-order valence-corrected chi connectivity index (χ1v) is 8.98. The smallest absolute Gasteiger partial charge is 0.337 e. The number of carbonyl (C=O) groups is 1. The number of thiol groups is 1. The molecule has 0 aliphatic rings. The van der Waals surface area contributed by atoms with Gasteiger partial charge in [0, 0.05) is 11.5 Å². The van der Waals surface area contributed by atoms with Crippen molar-refractivity contribution in [3.63, 3.8) is 0 Å². The maximum Gasteiger partial charge on any atom is 0.337 e. The molecule has 0 radical (unpaired) electrons. The third-order valence-corrected chi connectivity index (χ3v) is 4.77. The summed E-state index contributed by atoms with van der Waals surface area (Å²) in [5.41, 5.74) is 1.18. The van der Waals surface area contributed by atoms with Gasteiger partial charge >= 0.3 is 5.97 Å². The Morgan fingerprint density at radius 1 is 1.11 bits per heavy atom. The number of benzene rings is 2. The predicted octanol–water partition coefficient (Wildman–Crippen LogP) is 4.21. The van der Waals surface area contributed by atoms with Gasteiger partial charge in [-0.25, -0.2) is 4.79 Å². The van der Waals surface area contributed by atoms with Gasteiger partial charge in [-0.1, -0.05) is 25.1 Å². The van der Waals surface area contributed by atoms with Crippen molar-refractivity contribution in [3.8, 4) is 17.2 Å². The van der Waals surface area contributed by atoms with E-state index in [1.165, 1.54) is 7.11 Å². The van der Waals surface area contributed by atoms with E-state index in [0.717, 1.165) is 11.3 Å². The summed E-state index contributed by atoms with van der Waals surface area (Å²) in [5.74, 6) is 1.27. The van der Waals surface area contributed by atoms with Crippen LogP contribution >= 0.6 is 12.6 Å². The first-order chi connectivity index (χ1) is 13.1. The van der Waals surface area contributed by atoms with Crippen LogP contribution in [-0.2, 0) is 4.74 Å². The maximum absolute atomic E-state index is 11.5. The van der Waals surface area contributed by atoms with Gasteiger partial charge < -0.3 is 13.9 Å². The minimum absolute atomic E-state index is 0.0588. The van der Waals surface area contributed by atoms with E-state index < -0.39 is 5.97 Å². The molecule has 3 rings (SSSR count). The van der Waals surface area contributed by atoms with Crippen LogP contribution in [0, 0.1) is 5.92 Å². The molecule has 1 heterocycles. The van der Waals surface area contributed by atoms with Gasteiger partial charge in [0.05, 0.1) is 24.5 Å². The van der Waals surface area contributed by atoms with Gasteiger partial charge in [-0.15, -0.1) is 10.2 Å². The number of para-hydroxylation sites is 1. The zero-order chi connectivity index (χ0) is 19.2. The quantitative estimate of drug-likeness (QED) is 0.486. The number of aromatic nitrogens is 2. The number of nitrogens with zero attached hydrogens (tertiary/aromatic N) is 2. The molecule has 140 valence electrons. The Kier molecular flexibility index (Phi) is 6.13. The van der Waals surface area contributed by atoms with E-state index in [1.807, 2.05) is 37.3 Å². The molecule has 6 nitrogen and oxygen atoms in total. The molecule has 0 bridgehead atoms. The SMILES string of the molecule is COC(=O)c1ccc(-c2nnc(C(S)C(C)COc3ccccc3)o2)cc1. The summed E-state index contributed by atoms with van der Waals surface area (Å²) in [6.07, 6.45) is 0. The molecule has 7 heteroatoms. The molecule has 0 N–H and O–H groups in total. The van der Waals surface area contributed by atoms with E-state index in [2.05, 4.69) is 27.6 Å². The van der Waals surface area contributed by atoms with Crippen LogP contribution in [0.4, 0.5) is 0 Å². The van der Waals surface area contributed by atoms with Gasteiger partial charge in [-0.05, 0) is 36.4 Å². The highest BCUT2D eigenvalue weighted by Crippen LogP contribution is 2.30. The number of methoxy groups -OCH3 is 1. The molecular weight excluding hydrogens is 364 g/mol. The fourth-order valence-corrected chi connectivity index (χ4v) is 2.61. The van der Waals surface area contributed by atoms with E-state index in [0.29, 0.717) is 24.0 Å². The fourth-order valence-electron chi connectivity index (χ4n) is 2.42. The normalized spacial score (nSPS) is 13.0. The number of rotatable bonds is 7. The molecule has 2 aromatic carbocycles. The van der Waals surface area contributed by atoms with Gasteiger partial charge in [0.25, 0.3) is 0 Å². The van der Waals surface area contributed by atoms with Crippen molar-refractivity contribution in [1.82, 2.24) is 10.2 Å². The topological polar surface area (TPSA) is 74.5 Å². The van der Waals surface area contributed by atoms with Crippen LogP contribution in [0.25, 0.3) is 11.5 Å². The van der Waals surface area contributed by atoms with Crippen molar-refractivity contribution >= 4 is 18.6 Å². The average Bonchev–Trinajstić information content (AvgIpc) is 3.22. The van der Waals surface area contributed by atoms with Gasteiger partial charge in [0.1, 0.15) is 5.75 Å². The monoisotopic (exact) mass is 384 g/mol. The van der Waals surface area contributed by atoms with Crippen LogP contribution < -0.4 is 4.74 Å². The lowest BCUT2D eigenvalue weighted by molar-refractivity contribution is 0.0600. The Morgan fingerprint density at radius 2 is 1.81 bits per heavy atom. The van der Waals surface area contributed by atoms with Gasteiger partial charge in [0.15, 0.2) is 0 Å². The van der Waals surface area contributed by atoms with E-state index in [1.54, 1.807) is 24.3 Å². The minimum atomic E-state index is -0.393. The van der Waals surface area contributed by atoms with Crippen molar-refractivity contribution in [3.05, 3.63) is 66.1 Å². The van der Waals surface area contributed by atoms with Gasteiger partial charge in [-0.2, -0.15) is 12.6 Å². The van der Waals surface area contributed by atoms with Crippen LogP contribution in [0.2, 0.25) is 0 Å². The van der Waals surface area contributed by atoms with Crippen molar-refractivity contribution in [2.75, 3.05) is 13.7 Å². The lowest BCUT2D eigenvalue weighted by atomic mass is 10.1. The Labute approximate surface area is 162 Å². The maximum atomic E-state index is 11.5. The first-order valence-electron chi connectivity index (χ1n) is 8.46. The first kappa shape index (κ1) is 19.0. The van der Waals surface area contributed by atoms with Gasteiger partial charge in [-0.3, -0.25) is 0 Å². The molecule has 2 unspecified atom stereocenters. The van der Waals surface area contributed by atoms with E-state index >= 15 is 0 Å². The highest BCUT2D eigenvalue weighted by molar-refractivity contribution is 7.80. The standard InChI is InChI=1S/C20H20N2O4S/c1-13(12-25-16-6-4-3-5-7-16)17(27)19-22-21-18(26-19)14-8-10-15(11-9-14)20(23)24-2/h3-11,13,17,27H,12H2,1-2H3. The number of carbonyl (C=O) groups excluding carboxylic acids is 1. The number of esters is 1. The molecule has 0 spiro atoms. The Hall–Kier alpha value is -2.80. The summed E-state index contributed by atoms with van der Waals surface area (Å²) in [5, 5.41) is 7.92. The Balaban J connectivity index is 1.64. The molecule has 0 aliphatic carbocycles. The molecule has 0 fully saturated rings. The van der Waals surface area contributed by atoms with Crippen molar-refractivity contribution in [2.24, 2.45) is 5.92 Å². The minimum Gasteiger partial charge on any atom is -0.493 e. The molecule has 2 atom stereocenters. The fraction of sp³-hybridized carbons (Fsp3) is 0.250. The summed E-state index contributed by atoms with van der Waals surface area (Å²) in [4.78, 5) is 11.5. The van der Waals surface area contributed by atoms with E-state index in [-0.39, 0.29) is 11.2 Å². The third-order valence-electron chi connectivity index (χ3n) is 4.04. The number of hydrogen-bond acceptors (Lipinski definition) is 7. The molecule has 27 heavy (non-hydrogen) atoms. The summed E-state index contributed by atoms with van der Waals surface area (Å²) in [6, 6.07) is 16.4. The molecule has 0 aliphatic heterocycles. The summed E-state index contributed by atoms with van der Waals surface area (Å²) < 4.78 is 16.2. The third kappa shape index (κ3) is 4.68. The van der Waals surface area contributed by atoms with Crippen LogP contribution in [0.3, 0.4) is 0 Å². The second kappa shape index (κ2) is 8.73. The molecule has 0 saturated heterocycles. The summed E-state index contributed by atoms with van der Waals surface area (Å²) in [7, 11) is 1.34. The highest BCUT2D eigenvalue weighted by atomic mass is 32.1. The van der Waals surface area contributed by atoms with Crippen molar-refractivity contribution < 1.29 is 18.7 Å². The largest absolute Gasteiger partial charge is 0.493 e. The zero-order valence-electron chi connectivity index (χ0n) is 15.0. The zero-order valence-corrected chi connectivity index (χ0v) is 15.9. The van der Waals surface area contributed by atoms with Crippen LogP contribution in [0.1, 0.15) is 28.4 Å². The Bertz CT molecular complexity index is 881. The highest BCUT2D eigenvalue weighted by Gasteiger charge is 2.22. The predicted molar refractivity (Wildman–Crippen MR) is 104 cm³/mol. The molecule has 3 aromatic rings. The van der Waals surface area contributed by atoms with E-state index in [4.69, 9.17) is 9.15 Å². The summed E-state index contributed by atoms with van der Waals surface area (Å²) >= 11 is 4.61. The molecule has 0 amide bonds. The molecule has 1 aromatic heterocycles. The lowest BCUT2D eigenvalue weighted by Crippen LogP contribution is -2.14. The van der Waals surface area contributed by atoms with Crippen LogP contribution in [0.15, 0.2) is 59.0 Å². The Morgan fingerprint density at radius 3 is 2.48 bits per heavy atom. The van der Waals surface area contributed by atoms with Crippen molar-refractivity contribution in [1.29, 1.82) is 0 Å². The number of hydrogen-bond donors (Lipinski definition) is 1. The molecular formula is C20H20N2O4S. The summed E-state index contributed by atoms with van der Waals surface area (Å²) in [6.45, 7) is 2.49. The van der Waals surface area contributed by atoms with E-state index in [9.17, 15) is 4.79 Å². The van der Waals surface area contributed by atoms with Crippen LogP contribution in [-0.4, -0.2) is 29.9 Å². The lowest BCUT2D eigenvalue weighted by Gasteiger charge is -2.16. The second-order valence-electron chi connectivity index (χ2n) is 6.06. The van der Waals surface area contributed by atoms with Crippen molar-refractivity contribution in [2.45, 2.75) is 12.2 Å². The average molecular weight is 384 g/mol. The second-order valence-corrected chi connectivity index (χ2v) is 6.62. The van der Waals surface area contributed by atoms with Crippen LogP contribution in [0.5, 0.6) is 5.75 Å². The number of ether oxygens (including phenoxy) is 2. The van der Waals surface area contributed by atoms with Gasteiger partial charge in [0.2, 0.25) is 11.8 Å². The molecule has 0 saturated carbocycles.